The Hall–Kier alpha value is 0.360. The molecule has 0 atom stereocenters. The zero-order valence-electron chi connectivity index (χ0n) is 10.5. The number of rotatable bonds is 6. The molecule has 3 nitrogen and oxygen atoms in total. The summed E-state index contributed by atoms with van der Waals surface area (Å²) in [4.78, 5) is 2.51. The Morgan fingerprint density at radius 3 is 2.47 bits per heavy atom. The van der Waals surface area contributed by atoms with Crippen molar-refractivity contribution in [2.45, 2.75) is 38.1 Å². The lowest BCUT2D eigenvalue weighted by molar-refractivity contribution is -0.0119. The molecule has 17 heavy (non-hydrogen) atoms. The van der Waals surface area contributed by atoms with Crippen molar-refractivity contribution in [1.29, 1.82) is 0 Å². The number of halogens is 1. The second kappa shape index (κ2) is 6.50. The summed E-state index contributed by atoms with van der Waals surface area (Å²) in [6.45, 7) is 4.02. The summed E-state index contributed by atoms with van der Waals surface area (Å²) in [5.74, 6) is 0. The van der Waals surface area contributed by atoms with Gasteiger partial charge in [0.05, 0.1) is 6.61 Å². The maximum atomic E-state index is 9.21. The normalized spacial score (nSPS) is 24.9. The second-order valence-electron chi connectivity index (χ2n) is 5.52. The molecule has 2 fully saturated rings. The number of hydrogen-bond acceptors (Lipinski definition) is 3. The molecule has 1 N–H and O–H groups in total. The van der Waals surface area contributed by atoms with Gasteiger partial charge in [-0.15, -0.1) is 0 Å². The first-order valence-electron chi connectivity index (χ1n) is 6.78. The third-order valence-electron chi connectivity index (χ3n) is 4.35. The van der Waals surface area contributed by atoms with Crippen molar-refractivity contribution in [1.82, 2.24) is 4.90 Å². The maximum Gasteiger partial charge on any atom is 0.0558 e. The van der Waals surface area contributed by atoms with Gasteiger partial charge in [-0.2, -0.15) is 0 Å². The summed E-state index contributed by atoms with van der Waals surface area (Å²) in [6.07, 6.45) is 6.28. The van der Waals surface area contributed by atoms with Crippen LogP contribution >= 0.6 is 15.9 Å². The van der Waals surface area contributed by atoms with Gasteiger partial charge in [-0.3, -0.25) is 4.90 Å². The summed E-state index contributed by atoms with van der Waals surface area (Å²) in [7, 11) is 0. The maximum absolute atomic E-state index is 9.21. The number of nitrogens with zero attached hydrogens (tertiary/aromatic N) is 1. The van der Waals surface area contributed by atoms with Gasteiger partial charge in [-0.25, -0.2) is 0 Å². The van der Waals surface area contributed by atoms with E-state index < -0.39 is 0 Å². The fourth-order valence-electron chi connectivity index (χ4n) is 2.84. The first-order chi connectivity index (χ1) is 8.29. The average molecular weight is 306 g/mol. The molecule has 0 bridgehead atoms. The summed E-state index contributed by atoms with van der Waals surface area (Å²) in [5.41, 5.74) is 0.364. The molecular weight excluding hydrogens is 282 g/mol. The molecule has 1 aliphatic heterocycles. The van der Waals surface area contributed by atoms with E-state index in [4.69, 9.17) is 4.74 Å². The Morgan fingerprint density at radius 1 is 1.29 bits per heavy atom. The van der Waals surface area contributed by atoms with Gasteiger partial charge in [0.25, 0.3) is 0 Å². The Kier molecular flexibility index (Phi) is 5.27. The van der Waals surface area contributed by atoms with Crippen LogP contribution < -0.4 is 0 Å². The zero-order valence-corrected chi connectivity index (χ0v) is 12.1. The quantitative estimate of drug-likeness (QED) is 0.762. The van der Waals surface area contributed by atoms with E-state index in [1.165, 1.54) is 19.3 Å². The molecule has 2 aliphatic rings. The molecule has 0 amide bonds. The molecule has 2 rings (SSSR count). The van der Waals surface area contributed by atoms with E-state index in [0.29, 0.717) is 5.41 Å². The Labute approximate surface area is 113 Å². The molecule has 1 heterocycles. The van der Waals surface area contributed by atoms with Crippen molar-refractivity contribution >= 4 is 15.9 Å². The number of aliphatic hydroxyl groups is 1. The van der Waals surface area contributed by atoms with Gasteiger partial charge >= 0.3 is 0 Å². The SMILES string of the molecule is OCCN(CC1(CBr)CCOCC1)C1CCC1. The van der Waals surface area contributed by atoms with Crippen LogP contribution in [0.4, 0.5) is 0 Å². The first kappa shape index (κ1) is 13.8. The van der Waals surface area contributed by atoms with Crippen molar-refractivity contribution in [2.75, 3.05) is 38.2 Å². The molecular formula is C13H24BrNO2. The molecule has 0 aromatic rings. The number of alkyl halides is 1. The monoisotopic (exact) mass is 305 g/mol. The van der Waals surface area contributed by atoms with Crippen molar-refractivity contribution in [3.8, 4) is 0 Å². The number of ether oxygens (including phenoxy) is 1. The lowest BCUT2D eigenvalue weighted by Gasteiger charge is -2.45. The number of hydrogen-bond donors (Lipinski definition) is 1. The smallest absolute Gasteiger partial charge is 0.0558 e. The molecule has 100 valence electrons. The zero-order chi connectivity index (χ0) is 12.1. The van der Waals surface area contributed by atoms with Gasteiger partial charge < -0.3 is 9.84 Å². The molecule has 1 aliphatic carbocycles. The fourth-order valence-corrected chi connectivity index (χ4v) is 3.58. The topological polar surface area (TPSA) is 32.7 Å². The Balaban J connectivity index is 1.93. The average Bonchev–Trinajstić information content (AvgIpc) is 2.28. The Bertz CT molecular complexity index is 227. The van der Waals surface area contributed by atoms with Crippen molar-refractivity contribution < 1.29 is 9.84 Å². The van der Waals surface area contributed by atoms with E-state index in [-0.39, 0.29) is 6.61 Å². The van der Waals surface area contributed by atoms with Crippen LogP contribution in [0.15, 0.2) is 0 Å². The van der Waals surface area contributed by atoms with Crippen LogP contribution in [0.3, 0.4) is 0 Å². The standard InChI is InChI=1S/C13H24BrNO2/c14-10-13(4-8-17-9-5-13)11-15(6-7-16)12-2-1-3-12/h12,16H,1-11H2. The highest BCUT2D eigenvalue weighted by Gasteiger charge is 2.36. The van der Waals surface area contributed by atoms with Crippen LogP contribution in [0.5, 0.6) is 0 Å². The molecule has 4 heteroatoms. The predicted octanol–water partition coefficient (Wildman–Crippen LogP) is 2.02. The molecule has 0 unspecified atom stereocenters. The van der Waals surface area contributed by atoms with Gasteiger partial charge in [0.1, 0.15) is 0 Å². The highest BCUT2D eigenvalue weighted by molar-refractivity contribution is 9.09. The van der Waals surface area contributed by atoms with Crippen LogP contribution in [-0.2, 0) is 4.74 Å². The van der Waals surface area contributed by atoms with E-state index in [0.717, 1.165) is 50.5 Å². The van der Waals surface area contributed by atoms with E-state index in [2.05, 4.69) is 20.8 Å². The molecule has 0 aromatic carbocycles. The van der Waals surface area contributed by atoms with E-state index in [1.807, 2.05) is 0 Å². The van der Waals surface area contributed by atoms with E-state index in [1.54, 1.807) is 0 Å². The van der Waals surface area contributed by atoms with Crippen LogP contribution in [0.2, 0.25) is 0 Å². The van der Waals surface area contributed by atoms with Crippen molar-refractivity contribution in [2.24, 2.45) is 5.41 Å². The summed E-state index contributed by atoms with van der Waals surface area (Å²) in [5, 5.41) is 10.3. The minimum atomic E-state index is 0.283. The Morgan fingerprint density at radius 2 is 2.00 bits per heavy atom. The van der Waals surface area contributed by atoms with Crippen molar-refractivity contribution in [3.63, 3.8) is 0 Å². The molecule has 0 aromatic heterocycles. The van der Waals surface area contributed by atoms with Gasteiger partial charge in [0.2, 0.25) is 0 Å². The van der Waals surface area contributed by atoms with E-state index in [9.17, 15) is 5.11 Å². The van der Waals surface area contributed by atoms with Crippen LogP contribution in [0.1, 0.15) is 32.1 Å². The van der Waals surface area contributed by atoms with Crippen molar-refractivity contribution in [3.05, 3.63) is 0 Å². The second-order valence-corrected chi connectivity index (χ2v) is 6.09. The fraction of sp³-hybridized carbons (Fsp3) is 1.00. The lowest BCUT2D eigenvalue weighted by atomic mass is 9.80. The van der Waals surface area contributed by atoms with Gasteiger partial charge in [-0.05, 0) is 31.1 Å². The first-order valence-corrected chi connectivity index (χ1v) is 7.90. The van der Waals surface area contributed by atoms with Crippen LogP contribution in [-0.4, -0.2) is 54.3 Å². The van der Waals surface area contributed by atoms with Crippen LogP contribution in [0, 0.1) is 5.41 Å². The van der Waals surface area contributed by atoms with Gasteiger partial charge in [0, 0.05) is 37.7 Å². The minimum Gasteiger partial charge on any atom is -0.395 e. The molecule has 0 spiro atoms. The molecule has 1 saturated carbocycles. The van der Waals surface area contributed by atoms with Crippen LogP contribution in [0.25, 0.3) is 0 Å². The minimum absolute atomic E-state index is 0.283. The lowest BCUT2D eigenvalue weighted by Crippen LogP contribution is -2.49. The highest BCUT2D eigenvalue weighted by atomic mass is 79.9. The third kappa shape index (κ3) is 3.43. The summed E-state index contributed by atoms with van der Waals surface area (Å²) < 4.78 is 5.48. The third-order valence-corrected chi connectivity index (χ3v) is 5.54. The largest absolute Gasteiger partial charge is 0.395 e. The predicted molar refractivity (Wildman–Crippen MR) is 72.6 cm³/mol. The number of aliphatic hydroxyl groups excluding tert-OH is 1. The summed E-state index contributed by atoms with van der Waals surface area (Å²) in [6, 6.07) is 0.723. The molecule has 1 saturated heterocycles. The van der Waals surface area contributed by atoms with Gasteiger partial charge in [-0.1, -0.05) is 22.4 Å². The highest BCUT2D eigenvalue weighted by Crippen LogP contribution is 2.36. The molecule has 0 radical (unpaired) electrons. The summed E-state index contributed by atoms with van der Waals surface area (Å²) >= 11 is 3.69. The van der Waals surface area contributed by atoms with E-state index >= 15 is 0 Å². The van der Waals surface area contributed by atoms with Gasteiger partial charge in [0.15, 0.2) is 0 Å².